The third kappa shape index (κ3) is 4.09. The minimum Gasteiger partial charge on any atom is -0.350 e. The van der Waals surface area contributed by atoms with Crippen LogP contribution >= 0.6 is 0 Å². The molecular weight excluding hydrogens is 287 g/mol. The van der Waals surface area contributed by atoms with Crippen LogP contribution in [0.2, 0.25) is 0 Å². The van der Waals surface area contributed by atoms with Crippen LogP contribution in [0.1, 0.15) is 27.2 Å². The molecule has 1 rings (SSSR count). The van der Waals surface area contributed by atoms with E-state index >= 15 is 0 Å². The number of nitrogens with one attached hydrogen (secondary N) is 2. The highest BCUT2D eigenvalue weighted by Gasteiger charge is 2.62. The lowest BCUT2D eigenvalue weighted by molar-refractivity contribution is -0.221. The summed E-state index contributed by atoms with van der Waals surface area (Å²) < 4.78 is 39.7. The molecule has 0 spiro atoms. The standard InChI is InChI=1S/C13H22F3N3O2/c1-11(2,3)18-9(20)7-19(4)10(21)12(13(14,15)16)5-6-17-8-12/h17H,5-8H2,1-4H3,(H,18,20). The summed E-state index contributed by atoms with van der Waals surface area (Å²) in [6.45, 7) is 4.56. The number of rotatable bonds is 3. The molecule has 2 amide bonds. The van der Waals surface area contributed by atoms with Gasteiger partial charge < -0.3 is 15.5 Å². The van der Waals surface area contributed by atoms with Crippen LogP contribution in [-0.4, -0.2) is 55.1 Å². The van der Waals surface area contributed by atoms with Gasteiger partial charge in [0, 0.05) is 19.1 Å². The second-order valence-electron chi connectivity index (χ2n) is 6.47. The molecule has 1 aliphatic heterocycles. The first-order valence-electron chi connectivity index (χ1n) is 6.73. The average Bonchev–Trinajstić information content (AvgIpc) is 2.74. The number of carbonyl (C=O) groups is 2. The normalized spacial score (nSPS) is 23.0. The van der Waals surface area contributed by atoms with E-state index in [1.807, 2.05) is 0 Å². The summed E-state index contributed by atoms with van der Waals surface area (Å²) in [7, 11) is 1.22. The first kappa shape index (κ1) is 17.7. The Morgan fingerprint density at radius 1 is 1.29 bits per heavy atom. The summed E-state index contributed by atoms with van der Waals surface area (Å²) in [6, 6.07) is 0. The van der Waals surface area contributed by atoms with Gasteiger partial charge in [0.2, 0.25) is 11.8 Å². The van der Waals surface area contributed by atoms with Gasteiger partial charge in [-0.25, -0.2) is 0 Å². The highest BCUT2D eigenvalue weighted by molar-refractivity contribution is 5.89. The van der Waals surface area contributed by atoms with Crippen molar-refractivity contribution in [1.29, 1.82) is 0 Å². The van der Waals surface area contributed by atoms with E-state index in [1.165, 1.54) is 7.05 Å². The molecule has 0 saturated carbocycles. The predicted octanol–water partition coefficient (Wildman–Crippen LogP) is 0.901. The van der Waals surface area contributed by atoms with Gasteiger partial charge >= 0.3 is 6.18 Å². The van der Waals surface area contributed by atoms with Crippen molar-refractivity contribution in [2.24, 2.45) is 5.41 Å². The lowest BCUT2D eigenvalue weighted by Gasteiger charge is -2.33. The largest absolute Gasteiger partial charge is 0.404 e. The Bertz CT molecular complexity index is 410. The van der Waals surface area contributed by atoms with Gasteiger partial charge in [-0.15, -0.1) is 0 Å². The summed E-state index contributed by atoms with van der Waals surface area (Å²) in [6.07, 6.45) is -4.94. The Hall–Kier alpha value is -1.31. The first-order chi connectivity index (χ1) is 9.39. The molecule has 0 radical (unpaired) electrons. The Morgan fingerprint density at radius 2 is 1.86 bits per heavy atom. The molecule has 1 saturated heterocycles. The zero-order valence-corrected chi connectivity index (χ0v) is 12.7. The number of halogens is 3. The molecule has 8 heteroatoms. The van der Waals surface area contributed by atoms with Crippen LogP contribution in [0.25, 0.3) is 0 Å². The maximum atomic E-state index is 13.2. The molecule has 2 N–H and O–H groups in total. The van der Waals surface area contributed by atoms with E-state index in [0.29, 0.717) is 0 Å². The van der Waals surface area contributed by atoms with Crippen molar-refractivity contribution in [2.45, 2.75) is 38.9 Å². The minimum absolute atomic E-state index is 0.132. The number of likely N-dealkylation sites (N-methyl/N-ethyl adjacent to an activating group) is 1. The van der Waals surface area contributed by atoms with E-state index in [-0.39, 0.29) is 13.0 Å². The van der Waals surface area contributed by atoms with Crippen molar-refractivity contribution in [3.8, 4) is 0 Å². The molecule has 21 heavy (non-hydrogen) atoms. The van der Waals surface area contributed by atoms with Crippen molar-refractivity contribution in [1.82, 2.24) is 15.5 Å². The zero-order valence-electron chi connectivity index (χ0n) is 12.7. The second-order valence-corrected chi connectivity index (χ2v) is 6.47. The Morgan fingerprint density at radius 3 is 2.24 bits per heavy atom. The number of nitrogens with zero attached hydrogens (tertiary/aromatic N) is 1. The highest BCUT2D eigenvalue weighted by Crippen LogP contribution is 2.44. The fourth-order valence-electron chi connectivity index (χ4n) is 2.35. The molecular formula is C13H22F3N3O2. The third-order valence-electron chi connectivity index (χ3n) is 3.35. The summed E-state index contributed by atoms with van der Waals surface area (Å²) in [5.41, 5.74) is -2.93. The number of hydrogen-bond acceptors (Lipinski definition) is 3. The van der Waals surface area contributed by atoms with Crippen molar-refractivity contribution in [3.63, 3.8) is 0 Å². The predicted molar refractivity (Wildman–Crippen MR) is 71.5 cm³/mol. The van der Waals surface area contributed by atoms with Gasteiger partial charge in [0.25, 0.3) is 0 Å². The Labute approximate surface area is 122 Å². The van der Waals surface area contributed by atoms with Gasteiger partial charge in [0.05, 0.1) is 6.54 Å². The smallest absolute Gasteiger partial charge is 0.350 e. The van der Waals surface area contributed by atoms with Crippen LogP contribution in [0.5, 0.6) is 0 Å². The van der Waals surface area contributed by atoms with E-state index in [1.54, 1.807) is 20.8 Å². The van der Waals surface area contributed by atoms with Crippen molar-refractivity contribution >= 4 is 11.8 Å². The molecule has 1 heterocycles. The van der Waals surface area contributed by atoms with Gasteiger partial charge in [-0.1, -0.05) is 0 Å². The van der Waals surface area contributed by atoms with E-state index in [2.05, 4.69) is 10.6 Å². The summed E-state index contributed by atoms with van der Waals surface area (Å²) in [4.78, 5) is 24.8. The van der Waals surface area contributed by atoms with E-state index in [4.69, 9.17) is 0 Å². The second kappa shape index (κ2) is 5.82. The maximum Gasteiger partial charge on any atom is 0.404 e. The van der Waals surface area contributed by atoms with Crippen LogP contribution in [0, 0.1) is 5.41 Å². The molecule has 0 aromatic rings. The van der Waals surface area contributed by atoms with Crippen LogP contribution < -0.4 is 10.6 Å². The third-order valence-corrected chi connectivity index (χ3v) is 3.35. The summed E-state index contributed by atoms with van der Waals surface area (Å²) in [5.74, 6) is -1.55. The Balaban J connectivity index is 2.79. The van der Waals surface area contributed by atoms with Gasteiger partial charge in [-0.3, -0.25) is 9.59 Å². The van der Waals surface area contributed by atoms with Crippen molar-refractivity contribution in [3.05, 3.63) is 0 Å². The van der Waals surface area contributed by atoms with Crippen LogP contribution in [0.15, 0.2) is 0 Å². The SMILES string of the molecule is CN(CC(=O)NC(C)(C)C)C(=O)C1(C(F)(F)F)CCNC1. The van der Waals surface area contributed by atoms with E-state index in [9.17, 15) is 22.8 Å². The number of hydrogen-bond donors (Lipinski definition) is 2. The van der Waals surface area contributed by atoms with Crippen LogP contribution in [-0.2, 0) is 9.59 Å². The monoisotopic (exact) mass is 309 g/mol. The quantitative estimate of drug-likeness (QED) is 0.814. The van der Waals surface area contributed by atoms with Crippen molar-refractivity contribution < 1.29 is 22.8 Å². The topological polar surface area (TPSA) is 61.4 Å². The molecule has 0 aliphatic carbocycles. The number of amides is 2. The molecule has 5 nitrogen and oxygen atoms in total. The van der Waals surface area contributed by atoms with Gasteiger partial charge in [-0.05, 0) is 33.7 Å². The van der Waals surface area contributed by atoms with Crippen LogP contribution in [0.4, 0.5) is 13.2 Å². The van der Waals surface area contributed by atoms with Gasteiger partial charge in [0.1, 0.15) is 0 Å². The summed E-state index contributed by atoms with van der Waals surface area (Å²) in [5, 5.41) is 5.20. The molecule has 1 fully saturated rings. The minimum atomic E-state index is -4.64. The lowest BCUT2D eigenvalue weighted by Crippen LogP contribution is -2.55. The molecule has 0 aromatic carbocycles. The molecule has 1 atom stereocenters. The van der Waals surface area contributed by atoms with Crippen LogP contribution in [0.3, 0.4) is 0 Å². The summed E-state index contributed by atoms with van der Waals surface area (Å²) >= 11 is 0. The Kier molecular flexibility index (Phi) is 4.92. The molecule has 0 bridgehead atoms. The number of alkyl halides is 3. The number of carbonyl (C=O) groups excluding carboxylic acids is 2. The fraction of sp³-hybridized carbons (Fsp3) is 0.846. The van der Waals surface area contributed by atoms with E-state index < -0.39 is 42.0 Å². The molecule has 122 valence electrons. The lowest BCUT2D eigenvalue weighted by atomic mass is 9.84. The average molecular weight is 309 g/mol. The van der Waals surface area contributed by atoms with Crippen molar-refractivity contribution in [2.75, 3.05) is 26.7 Å². The molecule has 1 unspecified atom stereocenters. The molecule has 0 aromatic heterocycles. The molecule has 1 aliphatic rings. The maximum absolute atomic E-state index is 13.2. The first-order valence-corrected chi connectivity index (χ1v) is 6.73. The van der Waals surface area contributed by atoms with Gasteiger partial charge in [-0.2, -0.15) is 13.2 Å². The van der Waals surface area contributed by atoms with E-state index in [0.717, 1.165) is 4.90 Å². The van der Waals surface area contributed by atoms with Gasteiger partial charge in [0.15, 0.2) is 5.41 Å². The highest BCUT2D eigenvalue weighted by atomic mass is 19.4. The fourth-order valence-corrected chi connectivity index (χ4v) is 2.35. The zero-order chi connectivity index (χ0) is 16.5.